The number of carbonyl (C=O) groups excluding carboxylic acids is 1. The number of benzene rings is 1. The molecule has 4 heteroatoms. The topological polar surface area (TPSA) is 51.2 Å². The number of hydrogen-bond acceptors (Lipinski definition) is 3. The Morgan fingerprint density at radius 1 is 1.23 bits per heavy atom. The number of nitrogens with one attached hydrogen (secondary N) is 1. The summed E-state index contributed by atoms with van der Waals surface area (Å²) in [6.07, 6.45) is 2.83. The predicted molar refractivity (Wildman–Crippen MR) is 86.7 cm³/mol. The van der Waals surface area contributed by atoms with Gasteiger partial charge in [0, 0.05) is 12.6 Å². The van der Waals surface area contributed by atoms with Crippen LogP contribution in [0, 0.1) is 0 Å². The van der Waals surface area contributed by atoms with Crippen LogP contribution in [0.15, 0.2) is 48.7 Å². The minimum atomic E-state index is -0.0872. The molecule has 0 bridgehead atoms. The molecule has 1 N–H and O–H groups in total. The van der Waals surface area contributed by atoms with E-state index in [0.29, 0.717) is 19.4 Å². The zero-order chi connectivity index (χ0) is 15.8. The smallest absolute Gasteiger partial charge is 0.220 e. The van der Waals surface area contributed by atoms with Gasteiger partial charge in [0.15, 0.2) is 0 Å². The number of hydrogen-bond donors (Lipinski definition) is 1. The first-order chi connectivity index (χ1) is 10.7. The summed E-state index contributed by atoms with van der Waals surface area (Å²) in [6, 6.07) is 13.5. The maximum atomic E-state index is 12.1. The number of ether oxygens (including phenoxy) is 1. The van der Waals surface area contributed by atoms with E-state index in [2.05, 4.69) is 10.3 Å². The lowest BCUT2D eigenvalue weighted by Crippen LogP contribution is -2.27. The van der Waals surface area contributed by atoms with Crippen molar-refractivity contribution >= 4 is 5.91 Å². The Bertz CT molecular complexity index is 599. The van der Waals surface area contributed by atoms with E-state index in [1.54, 1.807) is 6.20 Å². The summed E-state index contributed by atoms with van der Waals surface area (Å²) in [5.41, 5.74) is 1.93. The van der Waals surface area contributed by atoms with Gasteiger partial charge in [0.2, 0.25) is 5.91 Å². The molecule has 1 aromatic carbocycles. The second-order valence-corrected chi connectivity index (χ2v) is 5.08. The van der Waals surface area contributed by atoms with Crippen molar-refractivity contribution in [3.05, 3.63) is 59.9 Å². The number of para-hydroxylation sites is 1. The minimum absolute atomic E-state index is 0.0180. The number of aromatic nitrogens is 1. The van der Waals surface area contributed by atoms with Gasteiger partial charge in [0.25, 0.3) is 0 Å². The summed E-state index contributed by atoms with van der Waals surface area (Å²) in [5, 5.41) is 2.98. The van der Waals surface area contributed by atoms with Crippen LogP contribution < -0.4 is 10.1 Å². The average Bonchev–Trinajstić information content (AvgIpc) is 2.55. The van der Waals surface area contributed by atoms with Crippen LogP contribution in [0.3, 0.4) is 0 Å². The van der Waals surface area contributed by atoms with Crippen molar-refractivity contribution in [2.45, 2.75) is 32.7 Å². The number of carbonyl (C=O) groups is 1. The van der Waals surface area contributed by atoms with Crippen LogP contribution in [0.1, 0.15) is 37.6 Å². The van der Waals surface area contributed by atoms with Crippen LogP contribution in [-0.2, 0) is 11.2 Å². The van der Waals surface area contributed by atoms with E-state index in [9.17, 15) is 4.79 Å². The molecule has 0 radical (unpaired) electrons. The maximum absolute atomic E-state index is 12.1. The highest BCUT2D eigenvalue weighted by atomic mass is 16.5. The van der Waals surface area contributed by atoms with Gasteiger partial charge in [0.1, 0.15) is 5.75 Å². The molecule has 0 fully saturated rings. The van der Waals surface area contributed by atoms with Gasteiger partial charge < -0.3 is 10.1 Å². The van der Waals surface area contributed by atoms with Crippen molar-refractivity contribution in [1.82, 2.24) is 10.3 Å². The number of aryl methyl sites for hydroxylation is 1. The van der Waals surface area contributed by atoms with E-state index in [4.69, 9.17) is 4.74 Å². The molecule has 0 aliphatic heterocycles. The molecule has 0 spiro atoms. The summed E-state index contributed by atoms with van der Waals surface area (Å²) in [7, 11) is 0. The maximum Gasteiger partial charge on any atom is 0.220 e. The van der Waals surface area contributed by atoms with Gasteiger partial charge >= 0.3 is 0 Å². The lowest BCUT2D eigenvalue weighted by atomic mass is 10.1. The number of pyridine rings is 1. The summed E-state index contributed by atoms with van der Waals surface area (Å²) >= 11 is 0. The number of amides is 1. The fraction of sp³-hybridized carbons (Fsp3) is 0.333. The molecule has 0 aliphatic carbocycles. The van der Waals surface area contributed by atoms with E-state index in [1.807, 2.05) is 56.3 Å². The molecule has 22 heavy (non-hydrogen) atoms. The molecular weight excluding hydrogens is 276 g/mol. The van der Waals surface area contributed by atoms with Gasteiger partial charge in [0.05, 0.1) is 18.3 Å². The SMILES string of the molecule is CCOc1ccccc1CCC(=O)NC(C)c1ccccn1. The summed E-state index contributed by atoms with van der Waals surface area (Å²) in [5.74, 6) is 0.875. The highest BCUT2D eigenvalue weighted by Gasteiger charge is 2.11. The van der Waals surface area contributed by atoms with Crippen LogP contribution >= 0.6 is 0 Å². The summed E-state index contributed by atoms with van der Waals surface area (Å²) in [4.78, 5) is 16.3. The lowest BCUT2D eigenvalue weighted by Gasteiger charge is -2.14. The molecule has 1 heterocycles. The normalized spacial score (nSPS) is 11.7. The highest BCUT2D eigenvalue weighted by molar-refractivity contribution is 5.76. The molecule has 1 unspecified atom stereocenters. The van der Waals surface area contributed by atoms with Crippen LogP contribution in [0.2, 0.25) is 0 Å². The Kier molecular flexibility index (Phi) is 5.95. The first-order valence-corrected chi connectivity index (χ1v) is 7.61. The lowest BCUT2D eigenvalue weighted by molar-refractivity contribution is -0.121. The first kappa shape index (κ1) is 16.0. The molecule has 1 amide bonds. The summed E-state index contributed by atoms with van der Waals surface area (Å²) < 4.78 is 5.58. The van der Waals surface area contributed by atoms with E-state index in [-0.39, 0.29) is 11.9 Å². The Morgan fingerprint density at radius 2 is 2.00 bits per heavy atom. The van der Waals surface area contributed by atoms with E-state index < -0.39 is 0 Å². The molecular formula is C18H22N2O2. The van der Waals surface area contributed by atoms with E-state index in [1.165, 1.54) is 0 Å². The van der Waals surface area contributed by atoms with Crippen LogP contribution in [0.5, 0.6) is 5.75 Å². The predicted octanol–water partition coefficient (Wildman–Crippen LogP) is 3.29. The third-order valence-corrected chi connectivity index (χ3v) is 3.40. The van der Waals surface area contributed by atoms with E-state index >= 15 is 0 Å². The Hall–Kier alpha value is -2.36. The van der Waals surface area contributed by atoms with Crippen molar-refractivity contribution < 1.29 is 9.53 Å². The quantitative estimate of drug-likeness (QED) is 0.853. The van der Waals surface area contributed by atoms with Gasteiger partial charge in [-0.15, -0.1) is 0 Å². The summed E-state index contributed by atoms with van der Waals surface area (Å²) in [6.45, 7) is 4.52. The zero-order valence-corrected chi connectivity index (χ0v) is 13.1. The van der Waals surface area contributed by atoms with Crippen molar-refractivity contribution in [1.29, 1.82) is 0 Å². The van der Waals surface area contributed by atoms with Crippen molar-refractivity contribution in [2.24, 2.45) is 0 Å². The molecule has 2 rings (SSSR count). The molecule has 1 atom stereocenters. The van der Waals surface area contributed by atoms with Gasteiger partial charge in [-0.05, 0) is 44.0 Å². The van der Waals surface area contributed by atoms with Gasteiger partial charge in [-0.2, -0.15) is 0 Å². The average molecular weight is 298 g/mol. The standard InChI is InChI=1S/C18H22N2O2/c1-3-22-17-10-5-4-8-15(17)11-12-18(21)20-14(2)16-9-6-7-13-19-16/h4-10,13-14H,3,11-12H2,1-2H3,(H,20,21). The van der Waals surface area contributed by atoms with Crippen LogP contribution in [0.25, 0.3) is 0 Å². The van der Waals surface area contributed by atoms with Crippen molar-refractivity contribution in [3.63, 3.8) is 0 Å². The highest BCUT2D eigenvalue weighted by Crippen LogP contribution is 2.19. The second-order valence-electron chi connectivity index (χ2n) is 5.08. The van der Waals surface area contributed by atoms with E-state index in [0.717, 1.165) is 17.0 Å². The van der Waals surface area contributed by atoms with Crippen LogP contribution in [-0.4, -0.2) is 17.5 Å². The molecule has 0 saturated heterocycles. The Balaban J connectivity index is 1.88. The monoisotopic (exact) mass is 298 g/mol. The molecule has 1 aromatic heterocycles. The minimum Gasteiger partial charge on any atom is -0.494 e. The Labute approximate surface area is 131 Å². The molecule has 2 aromatic rings. The number of rotatable bonds is 7. The number of nitrogens with zero attached hydrogens (tertiary/aromatic N) is 1. The van der Waals surface area contributed by atoms with Gasteiger partial charge in [-0.3, -0.25) is 9.78 Å². The Morgan fingerprint density at radius 3 is 2.73 bits per heavy atom. The molecule has 4 nitrogen and oxygen atoms in total. The third kappa shape index (κ3) is 4.58. The molecule has 0 saturated carbocycles. The van der Waals surface area contributed by atoms with Crippen molar-refractivity contribution in [2.75, 3.05) is 6.61 Å². The third-order valence-electron chi connectivity index (χ3n) is 3.40. The van der Waals surface area contributed by atoms with Crippen LogP contribution in [0.4, 0.5) is 0 Å². The first-order valence-electron chi connectivity index (χ1n) is 7.61. The van der Waals surface area contributed by atoms with Gasteiger partial charge in [-0.1, -0.05) is 24.3 Å². The largest absolute Gasteiger partial charge is 0.494 e. The van der Waals surface area contributed by atoms with Crippen molar-refractivity contribution in [3.8, 4) is 5.75 Å². The molecule has 0 aliphatic rings. The van der Waals surface area contributed by atoms with Gasteiger partial charge in [-0.25, -0.2) is 0 Å². The zero-order valence-electron chi connectivity index (χ0n) is 13.1. The second kappa shape index (κ2) is 8.17. The molecule has 116 valence electrons. The fourth-order valence-electron chi connectivity index (χ4n) is 2.27. The fourth-order valence-corrected chi connectivity index (χ4v) is 2.27.